The molecule has 3 aromatic rings. The minimum atomic E-state index is -0.0632. The van der Waals surface area contributed by atoms with Crippen molar-refractivity contribution in [3.05, 3.63) is 41.6 Å². The molecule has 1 amide bonds. The van der Waals surface area contributed by atoms with Gasteiger partial charge in [0.05, 0.1) is 21.8 Å². The summed E-state index contributed by atoms with van der Waals surface area (Å²) in [6.07, 6.45) is 4.32. The number of anilines is 2. The van der Waals surface area contributed by atoms with Crippen LogP contribution in [0.25, 0.3) is 10.2 Å². The molecule has 28 heavy (non-hydrogen) atoms. The number of carbonyl (C=O) groups is 1. The maximum Gasteiger partial charge on any atom is 0.231 e. The molecule has 0 radical (unpaired) electrons. The van der Waals surface area contributed by atoms with Gasteiger partial charge in [-0.15, -0.1) is 5.10 Å². The quantitative estimate of drug-likeness (QED) is 0.722. The number of hydrogen-bond acceptors (Lipinski definition) is 6. The fraction of sp³-hybridized carbons (Fsp3) is 0.429. The average molecular weight is 394 g/mol. The number of carbonyl (C=O) groups excluding carboxylic acids is 1. The molecule has 1 saturated carbocycles. The van der Waals surface area contributed by atoms with Crippen molar-refractivity contribution < 1.29 is 4.79 Å². The van der Waals surface area contributed by atoms with E-state index in [1.54, 1.807) is 0 Å². The highest BCUT2D eigenvalue weighted by Crippen LogP contribution is 2.39. The number of thiazole rings is 1. The van der Waals surface area contributed by atoms with Crippen LogP contribution in [0, 0.1) is 12.8 Å². The summed E-state index contributed by atoms with van der Waals surface area (Å²) in [7, 11) is 0. The number of hydrogen-bond donors (Lipinski definition) is 1. The van der Waals surface area contributed by atoms with Crippen molar-refractivity contribution >= 4 is 38.4 Å². The lowest BCUT2D eigenvalue weighted by Gasteiger charge is -2.32. The van der Waals surface area contributed by atoms with Crippen LogP contribution in [0.1, 0.15) is 42.9 Å². The zero-order valence-electron chi connectivity index (χ0n) is 15.9. The van der Waals surface area contributed by atoms with Gasteiger partial charge in [0.1, 0.15) is 0 Å². The van der Waals surface area contributed by atoms with E-state index in [-0.39, 0.29) is 11.8 Å². The Hall–Kier alpha value is -2.54. The van der Waals surface area contributed by atoms with Crippen LogP contribution < -0.4 is 10.2 Å². The van der Waals surface area contributed by atoms with Gasteiger partial charge in [-0.1, -0.05) is 23.5 Å². The number of rotatable bonds is 4. The van der Waals surface area contributed by atoms with Gasteiger partial charge in [-0.25, -0.2) is 4.98 Å². The molecule has 1 unspecified atom stereocenters. The highest BCUT2D eigenvalue weighted by molar-refractivity contribution is 7.22. The first-order valence-corrected chi connectivity index (χ1v) is 10.7. The molecule has 0 spiro atoms. The second-order valence-corrected chi connectivity index (χ2v) is 8.84. The molecule has 144 valence electrons. The Balaban J connectivity index is 1.27. The minimum Gasteiger partial charge on any atom is -0.354 e. The van der Waals surface area contributed by atoms with Crippen molar-refractivity contribution in [2.24, 2.45) is 5.92 Å². The summed E-state index contributed by atoms with van der Waals surface area (Å²) < 4.78 is 1.10. The molecule has 2 aliphatic rings. The minimum absolute atomic E-state index is 0.0453. The fourth-order valence-corrected chi connectivity index (χ4v) is 4.79. The first-order chi connectivity index (χ1) is 13.7. The summed E-state index contributed by atoms with van der Waals surface area (Å²) in [6, 6.07) is 10.3. The Morgan fingerprint density at radius 1 is 1.18 bits per heavy atom. The van der Waals surface area contributed by atoms with Crippen LogP contribution in [0.4, 0.5) is 10.9 Å². The van der Waals surface area contributed by atoms with Gasteiger partial charge in [-0.3, -0.25) is 4.79 Å². The van der Waals surface area contributed by atoms with Crippen molar-refractivity contribution in [1.82, 2.24) is 15.2 Å². The number of piperidine rings is 1. The van der Waals surface area contributed by atoms with Crippen molar-refractivity contribution in [3.8, 4) is 0 Å². The van der Waals surface area contributed by atoms with Crippen molar-refractivity contribution in [2.45, 2.75) is 38.5 Å². The predicted octanol–water partition coefficient (Wildman–Crippen LogP) is 4.13. The first-order valence-electron chi connectivity index (χ1n) is 9.93. The number of benzene rings is 1. The third-order valence-electron chi connectivity index (χ3n) is 5.63. The zero-order valence-corrected chi connectivity index (χ0v) is 16.7. The van der Waals surface area contributed by atoms with Gasteiger partial charge in [-0.05, 0) is 56.4 Å². The maximum absolute atomic E-state index is 12.9. The van der Waals surface area contributed by atoms with Crippen LogP contribution in [0.2, 0.25) is 0 Å². The number of fused-ring (bicyclic) bond motifs is 1. The van der Waals surface area contributed by atoms with E-state index in [1.807, 2.05) is 25.1 Å². The van der Waals surface area contributed by atoms with E-state index in [9.17, 15) is 4.79 Å². The molecule has 6 nitrogen and oxygen atoms in total. The Morgan fingerprint density at radius 3 is 2.82 bits per heavy atom. The number of nitrogens with zero attached hydrogens (tertiary/aromatic N) is 4. The summed E-state index contributed by atoms with van der Waals surface area (Å²) in [4.78, 5) is 19.6. The zero-order chi connectivity index (χ0) is 19.1. The van der Waals surface area contributed by atoms with Crippen LogP contribution in [0.5, 0.6) is 0 Å². The monoisotopic (exact) mass is 393 g/mol. The predicted molar refractivity (Wildman–Crippen MR) is 112 cm³/mol. The first kappa shape index (κ1) is 17.6. The van der Waals surface area contributed by atoms with Crippen molar-refractivity contribution in [1.29, 1.82) is 0 Å². The Morgan fingerprint density at radius 2 is 2.07 bits per heavy atom. The Labute approximate surface area is 168 Å². The normalized spacial score (nSPS) is 19.8. The van der Waals surface area contributed by atoms with E-state index >= 15 is 0 Å². The van der Waals surface area contributed by atoms with Crippen LogP contribution in [-0.2, 0) is 4.79 Å². The lowest BCUT2D eigenvalue weighted by molar-refractivity contribution is -0.120. The van der Waals surface area contributed by atoms with E-state index in [1.165, 1.54) is 24.2 Å². The molecule has 1 aromatic carbocycles. The second kappa shape index (κ2) is 7.13. The van der Waals surface area contributed by atoms with E-state index in [0.717, 1.165) is 46.7 Å². The van der Waals surface area contributed by atoms with Gasteiger partial charge in [-0.2, -0.15) is 5.10 Å². The molecular weight excluding hydrogens is 370 g/mol. The number of aryl methyl sites for hydroxylation is 1. The third-order valence-corrected chi connectivity index (χ3v) is 6.57. The smallest absolute Gasteiger partial charge is 0.231 e. The summed E-state index contributed by atoms with van der Waals surface area (Å²) in [5.74, 6) is 1.46. The molecule has 2 aromatic heterocycles. The fourth-order valence-electron chi connectivity index (χ4n) is 3.85. The molecule has 5 rings (SSSR count). The summed E-state index contributed by atoms with van der Waals surface area (Å²) >= 11 is 1.53. The Kier molecular flexibility index (Phi) is 4.47. The van der Waals surface area contributed by atoms with Gasteiger partial charge in [0, 0.05) is 19.0 Å². The second-order valence-electron chi connectivity index (χ2n) is 7.81. The SMILES string of the molecule is Cc1cccc2sc(NC(=O)C3CCCN(c4ccc(C5CC5)nn4)C3)nc12. The van der Waals surface area contributed by atoms with Crippen LogP contribution in [0.3, 0.4) is 0 Å². The Bertz CT molecular complexity index is 1010. The number of amides is 1. The molecule has 1 aliphatic carbocycles. The summed E-state index contributed by atoms with van der Waals surface area (Å²) in [6.45, 7) is 3.64. The number of para-hydroxylation sites is 1. The lowest BCUT2D eigenvalue weighted by atomic mass is 9.97. The third kappa shape index (κ3) is 3.46. The lowest BCUT2D eigenvalue weighted by Crippen LogP contribution is -2.41. The van der Waals surface area contributed by atoms with E-state index in [0.29, 0.717) is 17.6 Å². The van der Waals surface area contributed by atoms with Crippen molar-refractivity contribution in [2.75, 3.05) is 23.3 Å². The van der Waals surface area contributed by atoms with Crippen molar-refractivity contribution in [3.63, 3.8) is 0 Å². The van der Waals surface area contributed by atoms with E-state index in [2.05, 4.69) is 37.5 Å². The van der Waals surface area contributed by atoms with E-state index < -0.39 is 0 Å². The molecule has 2 fully saturated rings. The highest BCUT2D eigenvalue weighted by Gasteiger charge is 2.29. The van der Waals surface area contributed by atoms with Gasteiger partial charge in [0.25, 0.3) is 0 Å². The average Bonchev–Trinajstić information content (AvgIpc) is 3.49. The molecule has 0 bridgehead atoms. The maximum atomic E-state index is 12.9. The van der Waals surface area contributed by atoms with Crippen LogP contribution in [0.15, 0.2) is 30.3 Å². The number of nitrogens with one attached hydrogen (secondary N) is 1. The molecule has 1 atom stereocenters. The molecule has 7 heteroatoms. The van der Waals surface area contributed by atoms with Gasteiger partial charge >= 0.3 is 0 Å². The largest absolute Gasteiger partial charge is 0.354 e. The van der Waals surface area contributed by atoms with Crippen LogP contribution in [-0.4, -0.2) is 34.2 Å². The molecule has 1 N–H and O–H groups in total. The molecular formula is C21H23N5OS. The van der Waals surface area contributed by atoms with Gasteiger partial charge < -0.3 is 10.2 Å². The summed E-state index contributed by atoms with van der Waals surface area (Å²) in [5, 5.41) is 12.5. The summed E-state index contributed by atoms with van der Waals surface area (Å²) in [5.41, 5.74) is 3.20. The molecule has 1 saturated heterocycles. The topological polar surface area (TPSA) is 71.0 Å². The highest BCUT2D eigenvalue weighted by atomic mass is 32.1. The molecule has 3 heterocycles. The number of aromatic nitrogens is 3. The molecule has 1 aliphatic heterocycles. The van der Waals surface area contributed by atoms with E-state index in [4.69, 9.17) is 0 Å². The standard InChI is InChI=1S/C21H23N5OS/c1-13-4-2-6-17-19(13)22-21(28-17)23-20(27)15-5-3-11-26(12-15)18-10-9-16(24-25-18)14-7-8-14/h2,4,6,9-10,14-15H,3,5,7-8,11-12H2,1H3,(H,22,23,27). The van der Waals surface area contributed by atoms with Gasteiger partial charge in [0.2, 0.25) is 5.91 Å². The van der Waals surface area contributed by atoms with Gasteiger partial charge in [0.15, 0.2) is 10.9 Å². The van der Waals surface area contributed by atoms with Crippen LogP contribution >= 0.6 is 11.3 Å².